The van der Waals surface area contributed by atoms with Gasteiger partial charge in [0.2, 0.25) is 5.91 Å². The van der Waals surface area contributed by atoms with E-state index in [2.05, 4.69) is 19.2 Å². The predicted molar refractivity (Wildman–Crippen MR) is 91.6 cm³/mol. The summed E-state index contributed by atoms with van der Waals surface area (Å²) in [6.45, 7) is 7.36. The first kappa shape index (κ1) is 19.0. The topological polar surface area (TPSA) is 73.6 Å². The van der Waals surface area contributed by atoms with Crippen molar-refractivity contribution in [3.63, 3.8) is 0 Å². The van der Waals surface area contributed by atoms with Crippen LogP contribution in [0.2, 0.25) is 0 Å². The van der Waals surface area contributed by atoms with Gasteiger partial charge in [-0.3, -0.25) is 4.79 Å². The minimum Gasteiger partial charge on any atom is -0.381 e. The molecule has 2 aliphatic heterocycles. The number of nitrogens with two attached hydrogens (primary N) is 1. The van der Waals surface area contributed by atoms with Crippen molar-refractivity contribution in [3.05, 3.63) is 0 Å². The van der Waals surface area contributed by atoms with E-state index in [0.29, 0.717) is 5.92 Å². The Balaban J connectivity index is 0.00000192. The van der Waals surface area contributed by atoms with Crippen molar-refractivity contribution in [2.24, 2.45) is 23.0 Å². The largest absolute Gasteiger partial charge is 0.381 e. The number of carbonyl (C=O) groups is 1. The molecular weight excluding hydrogens is 316 g/mol. The average molecular weight is 347 g/mol. The highest BCUT2D eigenvalue weighted by atomic mass is 35.5. The zero-order valence-corrected chi connectivity index (χ0v) is 15.1. The third-order valence-corrected chi connectivity index (χ3v) is 6.24. The van der Waals surface area contributed by atoms with Crippen molar-refractivity contribution < 1.29 is 14.3 Å². The molecule has 3 rings (SSSR count). The molecule has 0 aromatic carbocycles. The highest BCUT2D eigenvalue weighted by Gasteiger charge is 2.70. The predicted octanol–water partition coefficient (Wildman–Crippen LogP) is 1.87. The second-order valence-corrected chi connectivity index (χ2v) is 7.73. The summed E-state index contributed by atoms with van der Waals surface area (Å²) >= 11 is 0. The second-order valence-electron chi connectivity index (χ2n) is 7.73. The molecule has 0 bridgehead atoms. The molecule has 0 radical (unpaired) electrons. The van der Waals surface area contributed by atoms with Gasteiger partial charge in [-0.05, 0) is 38.0 Å². The number of amides is 1. The van der Waals surface area contributed by atoms with Gasteiger partial charge in [0.15, 0.2) is 0 Å². The lowest BCUT2D eigenvalue weighted by Gasteiger charge is -2.65. The fourth-order valence-electron chi connectivity index (χ4n) is 4.61. The van der Waals surface area contributed by atoms with Crippen LogP contribution in [0.5, 0.6) is 0 Å². The molecule has 3 unspecified atom stereocenters. The molecule has 2 heterocycles. The van der Waals surface area contributed by atoms with Crippen molar-refractivity contribution in [2.45, 2.75) is 57.6 Å². The lowest BCUT2D eigenvalue weighted by Crippen LogP contribution is -2.82. The van der Waals surface area contributed by atoms with Gasteiger partial charge in [0.1, 0.15) is 5.54 Å². The molecule has 23 heavy (non-hydrogen) atoms. The summed E-state index contributed by atoms with van der Waals surface area (Å²) in [5.41, 5.74) is 5.51. The minimum absolute atomic E-state index is 0. The normalized spacial score (nSPS) is 36.3. The van der Waals surface area contributed by atoms with E-state index in [9.17, 15) is 4.79 Å². The summed E-state index contributed by atoms with van der Waals surface area (Å²) in [6.07, 6.45) is 5.37. The Morgan fingerprint density at radius 2 is 1.91 bits per heavy atom. The van der Waals surface area contributed by atoms with Crippen LogP contribution in [0.3, 0.4) is 0 Å². The zero-order valence-electron chi connectivity index (χ0n) is 14.3. The Morgan fingerprint density at radius 1 is 1.22 bits per heavy atom. The van der Waals surface area contributed by atoms with Crippen LogP contribution in [0.25, 0.3) is 0 Å². The highest BCUT2D eigenvalue weighted by Crippen LogP contribution is 2.57. The molecule has 0 aromatic heterocycles. The summed E-state index contributed by atoms with van der Waals surface area (Å²) in [4.78, 5) is 12.7. The quantitative estimate of drug-likeness (QED) is 0.815. The Kier molecular flexibility index (Phi) is 5.99. The summed E-state index contributed by atoms with van der Waals surface area (Å²) < 4.78 is 11.2. The van der Waals surface area contributed by atoms with Crippen molar-refractivity contribution in [1.29, 1.82) is 0 Å². The monoisotopic (exact) mass is 346 g/mol. The van der Waals surface area contributed by atoms with Gasteiger partial charge in [-0.15, -0.1) is 12.4 Å². The molecule has 3 aliphatic rings. The number of ether oxygens (including phenoxy) is 2. The Bertz CT molecular complexity index is 426. The molecule has 1 saturated carbocycles. The van der Waals surface area contributed by atoms with Gasteiger partial charge in [-0.25, -0.2) is 0 Å². The van der Waals surface area contributed by atoms with E-state index in [1.807, 2.05) is 0 Å². The molecule has 2 saturated heterocycles. The van der Waals surface area contributed by atoms with E-state index >= 15 is 0 Å². The van der Waals surface area contributed by atoms with E-state index in [-0.39, 0.29) is 35.8 Å². The summed E-state index contributed by atoms with van der Waals surface area (Å²) in [5.74, 6) is 0.846. The fourth-order valence-corrected chi connectivity index (χ4v) is 4.61. The first-order valence-corrected chi connectivity index (χ1v) is 8.74. The van der Waals surface area contributed by atoms with Gasteiger partial charge in [-0.2, -0.15) is 0 Å². The maximum absolute atomic E-state index is 12.7. The first-order chi connectivity index (χ1) is 10.5. The van der Waals surface area contributed by atoms with Crippen LogP contribution in [0, 0.1) is 17.3 Å². The molecule has 0 spiro atoms. The van der Waals surface area contributed by atoms with Crippen LogP contribution in [0.4, 0.5) is 0 Å². The summed E-state index contributed by atoms with van der Waals surface area (Å²) in [6, 6.07) is 0. The molecule has 0 aromatic rings. The lowest BCUT2D eigenvalue weighted by atomic mass is 9.46. The van der Waals surface area contributed by atoms with E-state index in [0.717, 1.165) is 58.5 Å². The molecular formula is C17H31ClN2O3. The molecule has 6 heteroatoms. The first-order valence-electron chi connectivity index (χ1n) is 8.74. The SMILES string of the molecule is CC1(C)C2OCCCC2C1(N)C(=O)NCCC1CCOCC1.Cl. The van der Waals surface area contributed by atoms with Crippen molar-refractivity contribution in [2.75, 3.05) is 26.4 Å². The molecule has 3 atom stereocenters. The number of hydrogen-bond donors (Lipinski definition) is 2. The molecule has 3 N–H and O–H groups in total. The van der Waals surface area contributed by atoms with Gasteiger partial charge in [0.25, 0.3) is 0 Å². The Morgan fingerprint density at radius 3 is 2.61 bits per heavy atom. The van der Waals surface area contributed by atoms with E-state index in [4.69, 9.17) is 15.2 Å². The Hall–Kier alpha value is -0.360. The standard InChI is InChI=1S/C17H30N2O3.ClH/c1-16(2)14-13(4-3-9-22-14)17(16,18)15(20)19-8-5-12-6-10-21-11-7-12;/h12-14H,3-11,18H2,1-2H3,(H,19,20);1H. The number of rotatable bonds is 4. The third-order valence-electron chi connectivity index (χ3n) is 6.24. The summed E-state index contributed by atoms with van der Waals surface area (Å²) in [5, 5.41) is 3.10. The van der Waals surface area contributed by atoms with Crippen LogP contribution >= 0.6 is 12.4 Å². The number of halogens is 1. The smallest absolute Gasteiger partial charge is 0.241 e. The van der Waals surface area contributed by atoms with Crippen LogP contribution in [0.1, 0.15) is 46.0 Å². The van der Waals surface area contributed by atoms with Gasteiger partial charge in [0.05, 0.1) is 6.10 Å². The molecule has 134 valence electrons. The summed E-state index contributed by atoms with van der Waals surface area (Å²) in [7, 11) is 0. The van der Waals surface area contributed by atoms with Crippen LogP contribution in [0.15, 0.2) is 0 Å². The second kappa shape index (κ2) is 7.26. The van der Waals surface area contributed by atoms with Gasteiger partial charge < -0.3 is 20.5 Å². The lowest BCUT2D eigenvalue weighted by molar-refractivity contribution is -0.225. The molecule has 1 amide bonds. The Labute approximate surface area is 145 Å². The highest BCUT2D eigenvalue weighted by molar-refractivity contribution is 5.89. The van der Waals surface area contributed by atoms with Gasteiger partial charge in [0, 0.05) is 37.7 Å². The van der Waals surface area contributed by atoms with Gasteiger partial charge in [-0.1, -0.05) is 13.8 Å². The number of fused-ring (bicyclic) bond motifs is 1. The molecule has 5 nitrogen and oxygen atoms in total. The van der Waals surface area contributed by atoms with Crippen LogP contribution in [-0.2, 0) is 14.3 Å². The maximum Gasteiger partial charge on any atom is 0.241 e. The van der Waals surface area contributed by atoms with Gasteiger partial charge >= 0.3 is 0 Å². The van der Waals surface area contributed by atoms with Crippen molar-refractivity contribution in [1.82, 2.24) is 5.32 Å². The van der Waals surface area contributed by atoms with Crippen molar-refractivity contribution in [3.8, 4) is 0 Å². The third kappa shape index (κ3) is 3.13. The fraction of sp³-hybridized carbons (Fsp3) is 0.941. The van der Waals surface area contributed by atoms with E-state index < -0.39 is 5.54 Å². The van der Waals surface area contributed by atoms with Crippen LogP contribution < -0.4 is 11.1 Å². The zero-order chi connectivity index (χ0) is 15.8. The maximum atomic E-state index is 12.7. The van der Waals surface area contributed by atoms with E-state index in [1.54, 1.807) is 0 Å². The number of hydrogen-bond acceptors (Lipinski definition) is 4. The number of nitrogens with one attached hydrogen (secondary N) is 1. The van der Waals surface area contributed by atoms with Crippen molar-refractivity contribution >= 4 is 18.3 Å². The molecule has 1 aliphatic carbocycles. The van der Waals surface area contributed by atoms with Crippen LogP contribution in [-0.4, -0.2) is 43.9 Å². The average Bonchev–Trinajstić information content (AvgIpc) is 2.55. The van der Waals surface area contributed by atoms with E-state index in [1.165, 1.54) is 0 Å². The minimum atomic E-state index is -0.784. The molecule has 3 fully saturated rings. The number of carbonyl (C=O) groups excluding carboxylic acids is 1.